The van der Waals surface area contributed by atoms with E-state index in [4.69, 9.17) is 0 Å². The molecule has 12 heteroatoms. The van der Waals surface area contributed by atoms with Gasteiger partial charge in [0.15, 0.2) is 5.65 Å². The van der Waals surface area contributed by atoms with Gasteiger partial charge in [0, 0.05) is 71.3 Å². The maximum atomic E-state index is 14.7. The van der Waals surface area contributed by atoms with Crippen LogP contribution in [0.2, 0.25) is 0 Å². The Labute approximate surface area is 271 Å². The third-order valence-corrected chi connectivity index (χ3v) is 8.60. The molecule has 0 unspecified atom stereocenters. The van der Waals surface area contributed by atoms with Crippen LogP contribution < -0.4 is 16.0 Å². The maximum absolute atomic E-state index is 14.7. The molecular weight excluding hydrogens is 595 g/mol. The van der Waals surface area contributed by atoms with Crippen LogP contribution in [0, 0.1) is 11.7 Å². The summed E-state index contributed by atoms with van der Waals surface area (Å²) < 4.78 is 14.7. The molecule has 6 heterocycles. The van der Waals surface area contributed by atoms with Gasteiger partial charge in [0.05, 0.1) is 29.3 Å². The smallest absolute Gasteiger partial charge is 0.224 e. The van der Waals surface area contributed by atoms with Crippen molar-refractivity contribution in [3.8, 4) is 33.6 Å². The summed E-state index contributed by atoms with van der Waals surface area (Å²) in [5, 5.41) is 19.0. The van der Waals surface area contributed by atoms with Crippen molar-refractivity contribution in [1.82, 2.24) is 40.3 Å². The van der Waals surface area contributed by atoms with Gasteiger partial charge in [0.2, 0.25) is 5.91 Å². The molecule has 1 fully saturated rings. The number of fused-ring (bicyclic) bond motifs is 2. The van der Waals surface area contributed by atoms with Gasteiger partial charge in [-0.3, -0.25) is 19.9 Å². The van der Waals surface area contributed by atoms with Gasteiger partial charge < -0.3 is 25.8 Å². The fourth-order valence-electron chi connectivity index (χ4n) is 6.17. The summed E-state index contributed by atoms with van der Waals surface area (Å²) in [6.07, 6.45) is 11.2. The molecule has 1 saturated heterocycles. The van der Waals surface area contributed by atoms with Gasteiger partial charge >= 0.3 is 0 Å². The molecule has 1 aliphatic heterocycles. The lowest BCUT2D eigenvalue weighted by Gasteiger charge is -2.21. The van der Waals surface area contributed by atoms with Gasteiger partial charge in [-0.05, 0) is 87.9 Å². The number of nitrogens with zero attached hydrogens (tertiary/aromatic N) is 5. The number of piperidine rings is 1. The Bertz CT molecular complexity index is 2050. The van der Waals surface area contributed by atoms with Crippen LogP contribution in [0.4, 0.5) is 15.8 Å². The molecule has 47 heavy (non-hydrogen) atoms. The SMILES string of the molecule is CN(C)CCNc1cc(F)cc(-c2cncc3[nH]c(-c4n[nH]c5ncc(-c6cncc(NC(=O)CC7CCNCC7)c6)cc45)cc23)c1. The number of likely N-dealkylation sites (N-methyl/N-ethyl adjacent to an activating group) is 1. The topological polar surface area (TPSA) is 140 Å². The highest BCUT2D eigenvalue weighted by molar-refractivity contribution is 6.01. The van der Waals surface area contributed by atoms with Crippen LogP contribution in [-0.2, 0) is 4.79 Å². The van der Waals surface area contributed by atoms with Crippen LogP contribution >= 0.6 is 0 Å². The second kappa shape index (κ2) is 13.3. The maximum Gasteiger partial charge on any atom is 0.224 e. The Hall–Kier alpha value is -5.20. The van der Waals surface area contributed by atoms with Crippen molar-refractivity contribution in [1.29, 1.82) is 0 Å². The largest absolute Gasteiger partial charge is 0.384 e. The fourth-order valence-corrected chi connectivity index (χ4v) is 6.17. The normalized spacial score (nSPS) is 13.9. The number of aromatic nitrogens is 6. The van der Waals surface area contributed by atoms with Crippen molar-refractivity contribution < 1.29 is 9.18 Å². The monoisotopic (exact) mass is 632 g/mol. The molecule has 6 aromatic rings. The van der Waals surface area contributed by atoms with E-state index >= 15 is 0 Å². The van der Waals surface area contributed by atoms with Gasteiger partial charge in [-0.1, -0.05) is 0 Å². The number of rotatable bonds is 10. The number of anilines is 2. The zero-order valence-electron chi connectivity index (χ0n) is 26.4. The predicted octanol–water partition coefficient (Wildman–Crippen LogP) is 5.67. The highest BCUT2D eigenvalue weighted by Crippen LogP contribution is 2.35. The minimum atomic E-state index is -0.320. The van der Waals surface area contributed by atoms with Gasteiger partial charge in [0.1, 0.15) is 11.5 Å². The predicted molar refractivity (Wildman–Crippen MR) is 183 cm³/mol. The molecule has 240 valence electrons. The van der Waals surface area contributed by atoms with Crippen molar-refractivity contribution in [2.45, 2.75) is 19.3 Å². The first-order valence-electron chi connectivity index (χ1n) is 15.9. The number of benzene rings is 1. The lowest BCUT2D eigenvalue weighted by molar-refractivity contribution is -0.117. The fraction of sp³-hybridized carbons (Fsp3) is 0.286. The van der Waals surface area contributed by atoms with E-state index in [1.54, 1.807) is 31.0 Å². The Morgan fingerprint density at radius 2 is 1.72 bits per heavy atom. The average molecular weight is 633 g/mol. The van der Waals surface area contributed by atoms with Crippen molar-refractivity contribution in [2.24, 2.45) is 5.92 Å². The third-order valence-electron chi connectivity index (χ3n) is 8.60. The van der Waals surface area contributed by atoms with E-state index in [1.165, 1.54) is 12.1 Å². The highest BCUT2D eigenvalue weighted by Gasteiger charge is 2.18. The van der Waals surface area contributed by atoms with Crippen molar-refractivity contribution in [2.75, 3.05) is 50.9 Å². The number of hydrogen-bond acceptors (Lipinski definition) is 8. The number of amides is 1. The Balaban J connectivity index is 1.16. The molecule has 0 bridgehead atoms. The zero-order valence-corrected chi connectivity index (χ0v) is 26.4. The highest BCUT2D eigenvalue weighted by atomic mass is 19.1. The molecular formula is C35H37FN10O. The second-order valence-electron chi connectivity index (χ2n) is 12.4. The lowest BCUT2D eigenvalue weighted by Crippen LogP contribution is -2.30. The van der Waals surface area contributed by atoms with E-state index in [0.717, 1.165) is 76.7 Å². The summed E-state index contributed by atoms with van der Waals surface area (Å²) in [5.74, 6) is 0.0834. The van der Waals surface area contributed by atoms with E-state index in [0.29, 0.717) is 41.6 Å². The number of nitrogens with one attached hydrogen (secondary N) is 5. The molecule has 11 nitrogen and oxygen atoms in total. The van der Waals surface area contributed by atoms with Crippen LogP contribution in [0.3, 0.4) is 0 Å². The summed E-state index contributed by atoms with van der Waals surface area (Å²) in [4.78, 5) is 31.7. The molecule has 7 rings (SSSR count). The van der Waals surface area contributed by atoms with Crippen molar-refractivity contribution in [3.05, 3.63) is 73.2 Å². The molecule has 0 aliphatic carbocycles. The molecule has 0 spiro atoms. The number of hydrogen-bond donors (Lipinski definition) is 5. The van der Waals surface area contributed by atoms with Crippen molar-refractivity contribution >= 4 is 39.2 Å². The quantitative estimate of drug-likeness (QED) is 0.130. The standard InChI is InChI=1S/C35H37FN10O/c1-46(2)8-7-40-26-11-22(10-25(36)14-26)30-19-39-20-32-28(30)15-31(43-32)34-29-13-24(17-41-35(29)45-44-34)23-12-27(18-38-16-23)42-33(47)9-21-3-5-37-6-4-21/h10-21,37,40,43H,3-9H2,1-2H3,(H,42,47)(H,41,44,45). The Morgan fingerprint density at radius 1 is 0.915 bits per heavy atom. The van der Waals surface area contributed by atoms with E-state index in [2.05, 4.69) is 51.0 Å². The number of H-pyrrole nitrogens is 2. The number of aromatic amines is 2. The van der Waals surface area contributed by atoms with Crippen LogP contribution in [0.1, 0.15) is 19.3 Å². The van der Waals surface area contributed by atoms with Crippen LogP contribution in [0.15, 0.2) is 67.4 Å². The molecule has 1 amide bonds. The number of carbonyl (C=O) groups excluding carboxylic acids is 1. The summed E-state index contributed by atoms with van der Waals surface area (Å²) >= 11 is 0. The number of pyridine rings is 3. The second-order valence-corrected chi connectivity index (χ2v) is 12.4. The summed E-state index contributed by atoms with van der Waals surface area (Å²) in [7, 11) is 4.00. The summed E-state index contributed by atoms with van der Waals surface area (Å²) in [6.45, 7) is 3.44. The van der Waals surface area contributed by atoms with Gasteiger partial charge in [-0.2, -0.15) is 5.10 Å². The van der Waals surface area contributed by atoms with Crippen LogP contribution in [-0.4, -0.2) is 81.2 Å². The minimum absolute atomic E-state index is 0.00396. The number of halogens is 1. The molecule has 0 radical (unpaired) electrons. The molecule has 5 N–H and O–H groups in total. The van der Waals surface area contributed by atoms with Gasteiger partial charge in [-0.25, -0.2) is 9.37 Å². The minimum Gasteiger partial charge on any atom is -0.384 e. The molecule has 0 atom stereocenters. The van der Waals surface area contributed by atoms with Crippen molar-refractivity contribution in [3.63, 3.8) is 0 Å². The van der Waals surface area contributed by atoms with Gasteiger partial charge in [0.25, 0.3) is 0 Å². The molecule has 5 aromatic heterocycles. The van der Waals surface area contributed by atoms with E-state index < -0.39 is 0 Å². The summed E-state index contributed by atoms with van der Waals surface area (Å²) in [6, 6.07) is 10.9. The first-order chi connectivity index (χ1) is 22.9. The van der Waals surface area contributed by atoms with E-state index in [9.17, 15) is 9.18 Å². The molecule has 1 aromatic carbocycles. The Morgan fingerprint density at radius 3 is 2.57 bits per heavy atom. The third kappa shape index (κ3) is 6.83. The first-order valence-corrected chi connectivity index (χ1v) is 15.9. The average Bonchev–Trinajstić information content (AvgIpc) is 3.69. The summed E-state index contributed by atoms with van der Waals surface area (Å²) in [5.41, 5.74) is 7.49. The van der Waals surface area contributed by atoms with Crippen LogP contribution in [0.25, 0.3) is 55.6 Å². The number of carbonyl (C=O) groups is 1. The van der Waals surface area contributed by atoms with E-state index in [-0.39, 0.29) is 11.7 Å². The molecule has 0 saturated carbocycles. The first kappa shape index (κ1) is 30.5. The zero-order chi connectivity index (χ0) is 32.3. The van der Waals surface area contributed by atoms with Gasteiger partial charge in [-0.15, -0.1) is 0 Å². The van der Waals surface area contributed by atoms with Crippen LogP contribution in [0.5, 0.6) is 0 Å². The van der Waals surface area contributed by atoms with E-state index in [1.807, 2.05) is 38.4 Å². The Kier molecular flexibility index (Phi) is 8.60. The molecule has 1 aliphatic rings. The lowest BCUT2D eigenvalue weighted by atomic mass is 9.94.